The van der Waals surface area contributed by atoms with Crippen molar-refractivity contribution in [2.24, 2.45) is 13.0 Å². The summed E-state index contributed by atoms with van der Waals surface area (Å²) in [6.07, 6.45) is 0.995. The minimum atomic E-state index is -2.94. The summed E-state index contributed by atoms with van der Waals surface area (Å²) in [6.45, 7) is 6.12. The number of hydrogen-bond donors (Lipinski definition) is 2. The summed E-state index contributed by atoms with van der Waals surface area (Å²) in [6, 6.07) is 10.3. The molecule has 1 saturated carbocycles. The van der Waals surface area contributed by atoms with Crippen LogP contribution in [0, 0.1) is 5.92 Å². The largest absolute Gasteiger partial charge is 0.457 e. The van der Waals surface area contributed by atoms with Gasteiger partial charge in [-0.1, -0.05) is 25.9 Å². The molecule has 3 aromatic heterocycles. The van der Waals surface area contributed by atoms with Gasteiger partial charge in [-0.05, 0) is 18.2 Å². The smallest absolute Gasteiger partial charge is 0.260 e. The monoisotopic (exact) mass is 482 g/mol. The molecule has 1 aliphatic carbocycles. The van der Waals surface area contributed by atoms with Crippen molar-refractivity contribution in [2.45, 2.75) is 38.5 Å². The van der Waals surface area contributed by atoms with E-state index in [0.717, 1.165) is 16.8 Å². The Morgan fingerprint density at radius 1 is 1.17 bits per heavy atom. The number of benzene rings is 1. The second kappa shape index (κ2) is 8.03. The van der Waals surface area contributed by atoms with Crippen molar-refractivity contribution in [1.29, 1.82) is 0 Å². The maximum atomic E-state index is 13.1. The van der Waals surface area contributed by atoms with Gasteiger partial charge < -0.3 is 24.5 Å². The van der Waals surface area contributed by atoms with Crippen LogP contribution >= 0.6 is 0 Å². The number of carbonyl (C=O) groups excluding carboxylic acids is 1. The van der Waals surface area contributed by atoms with Gasteiger partial charge in [0.25, 0.3) is 5.92 Å². The number of aromatic nitrogens is 4. The molecule has 0 aliphatic heterocycles. The maximum absolute atomic E-state index is 13.1. The summed E-state index contributed by atoms with van der Waals surface area (Å²) < 4.78 is 39.5. The van der Waals surface area contributed by atoms with Crippen LogP contribution in [0.1, 0.15) is 33.0 Å². The number of imidazole rings is 1. The summed E-state index contributed by atoms with van der Waals surface area (Å²) in [5.41, 5.74) is 1.39. The first-order valence-electron chi connectivity index (χ1n) is 11.0. The number of carbonyl (C=O) groups is 1. The number of fused-ring (bicyclic) bond motifs is 1. The molecule has 5 rings (SSSR count). The van der Waals surface area contributed by atoms with E-state index < -0.39 is 24.2 Å². The van der Waals surface area contributed by atoms with Crippen LogP contribution in [0.4, 0.5) is 26.4 Å². The summed E-state index contributed by atoms with van der Waals surface area (Å²) in [7, 11) is 1.86. The summed E-state index contributed by atoms with van der Waals surface area (Å²) in [5, 5.41) is 9.66. The SMILES string of the molecule is Cn1c(Nc2cc(C(C)(C)C)on2)nc2ccc(Oc3ccnc(NC(=O)[C@@H]4CC4(F)F)c3)cc21. The topological polar surface area (TPSA) is 107 Å². The minimum absolute atomic E-state index is 0.144. The van der Waals surface area contributed by atoms with Crippen LogP contribution in [-0.4, -0.2) is 31.5 Å². The van der Waals surface area contributed by atoms with Crippen molar-refractivity contribution in [3.63, 3.8) is 0 Å². The first-order valence-corrected chi connectivity index (χ1v) is 11.0. The predicted molar refractivity (Wildman–Crippen MR) is 125 cm³/mol. The molecule has 0 radical (unpaired) electrons. The van der Waals surface area contributed by atoms with E-state index >= 15 is 0 Å². The molecule has 0 bridgehead atoms. The van der Waals surface area contributed by atoms with Crippen LogP contribution in [0.2, 0.25) is 0 Å². The van der Waals surface area contributed by atoms with Crippen molar-refractivity contribution in [3.8, 4) is 11.5 Å². The summed E-state index contributed by atoms with van der Waals surface area (Å²) in [5.74, 6) is -2.03. The highest BCUT2D eigenvalue weighted by Crippen LogP contribution is 2.49. The Labute approximate surface area is 199 Å². The number of pyridine rings is 1. The fraction of sp³-hybridized carbons (Fsp3) is 0.333. The van der Waals surface area contributed by atoms with E-state index in [2.05, 4.69) is 25.8 Å². The normalized spacial score (nSPS) is 16.8. The number of nitrogens with one attached hydrogen (secondary N) is 2. The molecule has 1 aromatic carbocycles. The van der Waals surface area contributed by atoms with Crippen molar-refractivity contribution in [1.82, 2.24) is 19.7 Å². The fourth-order valence-corrected chi connectivity index (χ4v) is 3.54. The van der Waals surface area contributed by atoms with Gasteiger partial charge in [-0.3, -0.25) is 4.79 Å². The Morgan fingerprint density at radius 2 is 1.91 bits per heavy atom. The molecule has 1 amide bonds. The zero-order valence-corrected chi connectivity index (χ0v) is 19.6. The quantitative estimate of drug-likeness (QED) is 0.380. The molecule has 2 N–H and O–H groups in total. The highest BCUT2D eigenvalue weighted by Gasteiger charge is 2.61. The zero-order chi connectivity index (χ0) is 25.0. The van der Waals surface area contributed by atoms with Crippen molar-refractivity contribution >= 4 is 34.5 Å². The highest BCUT2D eigenvalue weighted by atomic mass is 19.3. The summed E-state index contributed by atoms with van der Waals surface area (Å²) in [4.78, 5) is 20.5. The number of rotatable bonds is 6. The Kier molecular flexibility index (Phi) is 5.22. The van der Waals surface area contributed by atoms with E-state index in [1.165, 1.54) is 12.3 Å². The second-order valence-electron chi connectivity index (χ2n) is 9.58. The molecule has 1 aliphatic rings. The second-order valence-corrected chi connectivity index (χ2v) is 9.58. The van der Waals surface area contributed by atoms with E-state index in [-0.39, 0.29) is 11.2 Å². The van der Waals surface area contributed by atoms with Gasteiger partial charge in [-0.2, -0.15) is 0 Å². The van der Waals surface area contributed by atoms with Gasteiger partial charge in [-0.15, -0.1) is 0 Å². The van der Waals surface area contributed by atoms with Gasteiger partial charge in [0.05, 0.1) is 11.0 Å². The lowest BCUT2D eigenvalue weighted by Gasteiger charge is -2.12. The van der Waals surface area contributed by atoms with Gasteiger partial charge in [0.15, 0.2) is 5.82 Å². The number of ether oxygens (including phenoxy) is 1. The first kappa shape index (κ1) is 22.8. The van der Waals surface area contributed by atoms with Crippen LogP contribution in [-0.2, 0) is 17.3 Å². The average molecular weight is 482 g/mol. The maximum Gasteiger partial charge on any atom is 0.260 e. The van der Waals surface area contributed by atoms with Crippen LogP contribution in [0.5, 0.6) is 11.5 Å². The number of amides is 1. The molecule has 3 heterocycles. The fourth-order valence-electron chi connectivity index (χ4n) is 3.54. The van der Waals surface area contributed by atoms with Crippen LogP contribution in [0.25, 0.3) is 11.0 Å². The van der Waals surface area contributed by atoms with E-state index in [0.29, 0.717) is 23.3 Å². The Bertz CT molecular complexity index is 1420. The Balaban J connectivity index is 1.32. The van der Waals surface area contributed by atoms with Crippen molar-refractivity contribution in [2.75, 3.05) is 10.6 Å². The van der Waals surface area contributed by atoms with E-state index in [9.17, 15) is 13.6 Å². The molecule has 4 aromatic rings. The first-order chi connectivity index (χ1) is 16.5. The zero-order valence-electron chi connectivity index (χ0n) is 19.6. The molecule has 1 fully saturated rings. The van der Waals surface area contributed by atoms with E-state index in [1.807, 2.05) is 50.6 Å². The third-order valence-electron chi connectivity index (χ3n) is 5.70. The number of nitrogens with zero attached hydrogens (tertiary/aromatic N) is 4. The van der Waals surface area contributed by atoms with Crippen LogP contribution in [0.15, 0.2) is 47.1 Å². The van der Waals surface area contributed by atoms with Crippen molar-refractivity contribution in [3.05, 3.63) is 48.4 Å². The number of aryl methyl sites for hydroxylation is 1. The molecule has 0 saturated heterocycles. The molecule has 0 spiro atoms. The molecule has 0 unspecified atom stereocenters. The van der Waals surface area contributed by atoms with Gasteiger partial charge in [0.2, 0.25) is 11.9 Å². The third-order valence-corrected chi connectivity index (χ3v) is 5.70. The van der Waals surface area contributed by atoms with Crippen LogP contribution < -0.4 is 15.4 Å². The highest BCUT2D eigenvalue weighted by molar-refractivity contribution is 5.94. The third kappa shape index (κ3) is 4.66. The molecular formula is C24H24F2N6O3. The number of alkyl halides is 2. The molecular weight excluding hydrogens is 458 g/mol. The Morgan fingerprint density at radius 3 is 2.60 bits per heavy atom. The lowest BCUT2D eigenvalue weighted by molar-refractivity contribution is -0.119. The molecule has 1 atom stereocenters. The number of hydrogen-bond acceptors (Lipinski definition) is 7. The van der Waals surface area contributed by atoms with Gasteiger partial charge in [-0.25, -0.2) is 18.7 Å². The van der Waals surface area contributed by atoms with Crippen LogP contribution in [0.3, 0.4) is 0 Å². The summed E-state index contributed by atoms with van der Waals surface area (Å²) >= 11 is 0. The Hall–Kier alpha value is -4.02. The van der Waals surface area contributed by atoms with E-state index in [4.69, 9.17) is 9.26 Å². The molecule has 11 heteroatoms. The van der Waals surface area contributed by atoms with E-state index in [1.54, 1.807) is 12.1 Å². The van der Waals surface area contributed by atoms with Gasteiger partial charge in [0, 0.05) is 43.3 Å². The lowest BCUT2D eigenvalue weighted by atomic mass is 9.93. The predicted octanol–water partition coefficient (Wildman–Crippen LogP) is 5.38. The minimum Gasteiger partial charge on any atom is -0.457 e. The van der Waals surface area contributed by atoms with Crippen molar-refractivity contribution < 1.29 is 22.8 Å². The standard InChI is InChI=1S/C24H24F2N6O3/c1-23(2,3)18-11-20(31-35-18)30-22-28-16-6-5-13(9-17(16)32(22)4)34-14-7-8-27-19(10-14)29-21(33)15-12-24(15,25)26/h5-11,15H,12H2,1-4H3,(H,27,29,33)(H,28,30,31)/t15-/m0/s1. The lowest BCUT2D eigenvalue weighted by Crippen LogP contribution is -2.18. The average Bonchev–Trinajstić information content (AvgIpc) is 3.09. The number of anilines is 3. The molecule has 182 valence electrons. The van der Waals surface area contributed by atoms with Gasteiger partial charge in [0.1, 0.15) is 29.0 Å². The molecule has 9 nitrogen and oxygen atoms in total. The van der Waals surface area contributed by atoms with Gasteiger partial charge >= 0.3 is 0 Å². The number of halogens is 2. The molecule has 35 heavy (non-hydrogen) atoms.